The topological polar surface area (TPSA) is 30.0 Å². The summed E-state index contributed by atoms with van der Waals surface area (Å²) >= 11 is 0. The fourth-order valence-corrected chi connectivity index (χ4v) is 1.61. The van der Waals surface area contributed by atoms with E-state index in [1.54, 1.807) is 18.3 Å². The molecule has 2 rings (SSSR count). The Balaban J connectivity index is 2.60. The maximum Gasteiger partial charge on any atom is 0.151 e. The lowest BCUT2D eigenvalue weighted by atomic mass is 10.00. The van der Waals surface area contributed by atoms with E-state index in [2.05, 4.69) is 4.98 Å². The monoisotopic (exact) mass is 215 g/mol. The summed E-state index contributed by atoms with van der Waals surface area (Å²) in [6.07, 6.45) is 3.90. The number of benzene rings is 1. The standard InChI is InChI=1S/C13H10FNO/c1-9-11(8-16)6-15-7-13(9)10-3-2-4-12(14)5-10/h2-8H,1H3. The third kappa shape index (κ3) is 1.84. The van der Waals surface area contributed by atoms with Crippen LogP contribution in [0.5, 0.6) is 0 Å². The van der Waals surface area contributed by atoms with Gasteiger partial charge in [0.05, 0.1) is 0 Å². The Labute approximate surface area is 92.8 Å². The van der Waals surface area contributed by atoms with Crippen LogP contribution in [-0.4, -0.2) is 11.3 Å². The molecule has 0 aliphatic carbocycles. The number of aldehydes is 1. The molecule has 0 unspecified atom stereocenters. The summed E-state index contributed by atoms with van der Waals surface area (Å²) in [5, 5.41) is 0. The van der Waals surface area contributed by atoms with Gasteiger partial charge < -0.3 is 0 Å². The summed E-state index contributed by atoms with van der Waals surface area (Å²) in [6.45, 7) is 1.83. The van der Waals surface area contributed by atoms with Crippen LogP contribution >= 0.6 is 0 Å². The van der Waals surface area contributed by atoms with E-state index in [9.17, 15) is 9.18 Å². The fraction of sp³-hybridized carbons (Fsp3) is 0.0769. The average Bonchev–Trinajstić information content (AvgIpc) is 2.29. The van der Waals surface area contributed by atoms with Crippen molar-refractivity contribution in [1.82, 2.24) is 4.98 Å². The van der Waals surface area contributed by atoms with E-state index in [-0.39, 0.29) is 5.82 Å². The van der Waals surface area contributed by atoms with Crippen molar-refractivity contribution in [2.75, 3.05) is 0 Å². The van der Waals surface area contributed by atoms with E-state index in [0.717, 1.165) is 23.0 Å². The minimum absolute atomic E-state index is 0.298. The average molecular weight is 215 g/mol. The SMILES string of the molecule is Cc1c(C=O)cncc1-c1cccc(F)c1. The molecular weight excluding hydrogens is 205 g/mol. The number of halogens is 1. The van der Waals surface area contributed by atoms with Gasteiger partial charge in [-0.05, 0) is 30.2 Å². The van der Waals surface area contributed by atoms with E-state index in [4.69, 9.17) is 0 Å². The molecule has 0 saturated heterocycles. The largest absolute Gasteiger partial charge is 0.298 e. The van der Waals surface area contributed by atoms with E-state index in [1.165, 1.54) is 18.3 Å². The van der Waals surface area contributed by atoms with Crippen LogP contribution in [0.3, 0.4) is 0 Å². The number of nitrogens with zero attached hydrogens (tertiary/aromatic N) is 1. The zero-order chi connectivity index (χ0) is 11.5. The van der Waals surface area contributed by atoms with E-state index in [0.29, 0.717) is 5.56 Å². The molecule has 1 aromatic heterocycles. The summed E-state index contributed by atoms with van der Waals surface area (Å²) in [5.74, 6) is -0.298. The Kier molecular flexibility index (Phi) is 2.77. The van der Waals surface area contributed by atoms with Crippen LogP contribution in [0.4, 0.5) is 4.39 Å². The van der Waals surface area contributed by atoms with Crippen LogP contribution in [0.2, 0.25) is 0 Å². The van der Waals surface area contributed by atoms with Crippen LogP contribution in [0.15, 0.2) is 36.7 Å². The number of hydrogen-bond donors (Lipinski definition) is 0. The normalized spacial score (nSPS) is 10.1. The Hall–Kier alpha value is -2.03. The van der Waals surface area contributed by atoms with Gasteiger partial charge in [0.25, 0.3) is 0 Å². The van der Waals surface area contributed by atoms with Crippen LogP contribution in [-0.2, 0) is 0 Å². The van der Waals surface area contributed by atoms with Crippen molar-refractivity contribution >= 4 is 6.29 Å². The third-order valence-corrected chi connectivity index (χ3v) is 2.52. The van der Waals surface area contributed by atoms with Crippen LogP contribution < -0.4 is 0 Å². The molecule has 1 heterocycles. The number of carbonyl (C=O) groups excluding carboxylic acids is 1. The van der Waals surface area contributed by atoms with E-state index in [1.807, 2.05) is 6.92 Å². The van der Waals surface area contributed by atoms with E-state index >= 15 is 0 Å². The molecule has 0 atom stereocenters. The van der Waals surface area contributed by atoms with Gasteiger partial charge in [-0.1, -0.05) is 12.1 Å². The van der Waals surface area contributed by atoms with Crippen LogP contribution in [0.1, 0.15) is 15.9 Å². The van der Waals surface area contributed by atoms with Gasteiger partial charge >= 0.3 is 0 Å². The highest BCUT2D eigenvalue weighted by atomic mass is 19.1. The highest BCUT2D eigenvalue weighted by Gasteiger charge is 2.06. The zero-order valence-corrected chi connectivity index (χ0v) is 8.77. The second kappa shape index (κ2) is 4.23. The Morgan fingerprint density at radius 2 is 2.12 bits per heavy atom. The first-order valence-corrected chi connectivity index (χ1v) is 4.88. The predicted octanol–water partition coefficient (Wildman–Crippen LogP) is 3.01. The molecule has 0 aliphatic rings. The molecule has 0 aliphatic heterocycles. The third-order valence-electron chi connectivity index (χ3n) is 2.52. The fourth-order valence-electron chi connectivity index (χ4n) is 1.61. The molecule has 0 bridgehead atoms. The molecule has 2 nitrogen and oxygen atoms in total. The van der Waals surface area contributed by atoms with Gasteiger partial charge in [0, 0.05) is 23.5 Å². The van der Waals surface area contributed by atoms with Crippen molar-refractivity contribution in [2.45, 2.75) is 6.92 Å². The molecule has 0 amide bonds. The second-order valence-electron chi connectivity index (χ2n) is 3.53. The number of rotatable bonds is 2. The highest BCUT2D eigenvalue weighted by molar-refractivity contribution is 5.81. The summed E-state index contributed by atoms with van der Waals surface area (Å²) in [4.78, 5) is 14.7. The molecule has 0 saturated carbocycles. The molecule has 1 aromatic carbocycles. The quantitative estimate of drug-likeness (QED) is 0.721. The first kappa shape index (κ1) is 10.5. The molecule has 16 heavy (non-hydrogen) atoms. The van der Waals surface area contributed by atoms with Gasteiger partial charge in [-0.15, -0.1) is 0 Å². The Morgan fingerprint density at radius 3 is 2.81 bits per heavy atom. The van der Waals surface area contributed by atoms with Crippen molar-refractivity contribution in [2.24, 2.45) is 0 Å². The molecule has 0 N–H and O–H groups in total. The lowest BCUT2D eigenvalue weighted by Gasteiger charge is -2.07. The van der Waals surface area contributed by atoms with Crippen molar-refractivity contribution in [3.63, 3.8) is 0 Å². The van der Waals surface area contributed by atoms with Crippen molar-refractivity contribution in [3.8, 4) is 11.1 Å². The number of aromatic nitrogens is 1. The maximum atomic E-state index is 13.1. The van der Waals surface area contributed by atoms with E-state index < -0.39 is 0 Å². The van der Waals surface area contributed by atoms with Crippen molar-refractivity contribution in [3.05, 3.63) is 53.6 Å². The van der Waals surface area contributed by atoms with Crippen LogP contribution in [0, 0.1) is 12.7 Å². The highest BCUT2D eigenvalue weighted by Crippen LogP contribution is 2.24. The summed E-state index contributed by atoms with van der Waals surface area (Å²) < 4.78 is 13.1. The second-order valence-corrected chi connectivity index (χ2v) is 3.53. The first-order valence-electron chi connectivity index (χ1n) is 4.88. The Bertz CT molecular complexity index is 537. The van der Waals surface area contributed by atoms with Crippen molar-refractivity contribution in [1.29, 1.82) is 0 Å². The van der Waals surface area contributed by atoms with Gasteiger partial charge in [0.2, 0.25) is 0 Å². The van der Waals surface area contributed by atoms with Gasteiger partial charge in [-0.3, -0.25) is 9.78 Å². The van der Waals surface area contributed by atoms with Gasteiger partial charge in [0.1, 0.15) is 5.82 Å². The summed E-state index contributed by atoms with van der Waals surface area (Å²) in [6, 6.07) is 6.24. The minimum atomic E-state index is -0.298. The molecule has 3 heteroatoms. The zero-order valence-electron chi connectivity index (χ0n) is 8.77. The van der Waals surface area contributed by atoms with Gasteiger partial charge in [-0.2, -0.15) is 0 Å². The van der Waals surface area contributed by atoms with Crippen molar-refractivity contribution < 1.29 is 9.18 Å². The predicted molar refractivity (Wildman–Crippen MR) is 59.8 cm³/mol. The maximum absolute atomic E-state index is 13.1. The number of carbonyl (C=O) groups is 1. The minimum Gasteiger partial charge on any atom is -0.298 e. The molecule has 2 aromatic rings. The lowest BCUT2D eigenvalue weighted by Crippen LogP contribution is -1.92. The molecule has 0 radical (unpaired) electrons. The smallest absolute Gasteiger partial charge is 0.151 e. The molecule has 0 spiro atoms. The molecular formula is C13H10FNO. The van der Waals surface area contributed by atoms with Gasteiger partial charge in [0.15, 0.2) is 6.29 Å². The summed E-state index contributed by atoms with van der Waals surface area (Å²) in [5.41, 5.74) is 2.86. The van der Waals surface area contributed by atoms with Gasteiger partial charge in [-0.25, -0.2) is 4.39 Å². The number of pyridine rings is 1. The number of hydrogen-bond acceptors (Lipinski definition) is 2. The van der Waals surface area contributed by atoms with Crippen LogP contribution in [0.25, 0.3) is 11.1 Å². The molecule has 80 valence electrons. The lowest BCUT2D eigenvalue weighted by molar-refractivity contribution is 0.112. The summed E-state index contributed by atoms with van der Waals surface area (Å²) in [7, 11) is 0. The first-order chi connectivity index (χ1) is 7.72. The Morgan fingerprint density at radius 1 is 1.31 bits per heavy atom. The molecule has 0 fully saturated rings.